The number of phenols is 1. The van der Waals surface area contributed by atoms with E-state index < -0.39 is 0 Å². The number of carbonyl (C=O) groups is 1. The van der Waals surface area contributed by atoms with E-state index in [9.17, 15) is 9.90 Å². The first-order valence-electron chi connectivity index (χ1n) is 7.68. The average Bonchev–Trinajstić information content (AvgIpc) is 3.20. The van der Waals surface area contributed by atoms with Crippen molar-refractivity contribution in [1.29, 1.82) is 0 Å². The molecule has 0 fully saturated rings. The Bertz CT molecular complexity index is 917. The summed E-state index contributed by atoms with van der Waals surface area (Å²) >= 11 is 0. The molecule has 1 amide bonds. The number of carbonyl (C=O) groups excluding carboxylic acids is 1. The molecule has 6 nitrogen and oxygen atoms in total. The number of H-pyrrole nitrogens is 1. The summed E-state index contributed by atoms with van der Waals surface area (Å²) in [6.45, 7) is 0.564. The molecule has 1 aliphatic heterocycles. The molecule has 2 aromatic carbocycles. The fourth-order valence-corrected chi connectivity index (χ4v) is 2.86. The minimum atomic E-state index is -0.342. The Morgan fingerprint density at radius 1 is 1.21 bits per heavy atom. The molecular formula is C18H16N2O4. The Kier molecular flexibility index (Phi) is 3.49. The number of hydrogen-bond acceptors (Lipinski definition) is 4. The van der Waals surface area contributed by atoms with Gasteiger partial charge in [-0.2, -0.15) is 0 Å². The molecule has 6 heteroatoms. The molecule has 2 heterocycles. The first kappa shape index (κ1) is 14.4. The molecule has 122 valence electrons. The molecule has 0 bridgehead atoms. The monoisotopic (exact) mass is 324 g/mol. The second kappa shape index (κ2) is 5.81. The lowest BCUT2D eigenvalue weighted by Crippen LogP contribution is -2.25. The van der Waals surface area contributed by atoms with Crippen molar-refractivity contribution in [2.24, 2.45) is 0 Å². The van der Waals surface area contributed by atoms with Crippen molar-refractivity contribution in [1.82, 2.24) is 10.3 Å². The highest BCUT2D eigenvalue weighted by molar-refractivity contribution is 5.97. The fourth-order valence-electron chi connectivity index (χ4n) is 2.86. The molecule has 1 aromatic heterocycles. The molecule has 4 rings (SSSR count). The molecule has 0 aliphatic carbocycles. The highest BCUT2D eigenvalue weighted by Gasteiger charge is 2.20. The van der Waals surface area contributed by atoms with Crippen LogP contribution in [0.3, 0.4) is 0 Å². The van der Waals surface area contributed by atoms with Crippen LogP contribution in [0.4, 0.5) is 0 Å². The molecule has 0 spiro atoms. The normalized spacial score (nSPS) is 12.5. The third-order valence-electron chi connectivity index (χ3n) is 4.09. The van der Waals surface area contributed by atoms with Gasteiger partial charge in [0.25, 0.3) is 5.91 Å². The van der Waals surface area contributed by atoms with Gasteiger partial charge in [0.05, 0.1) is 5.56 Å². The van der Waals surface area contributed by atoms with Crippen LogP contribution >= 0.6 is 0 Å². The Morgan fingerprint density at radius 3 is 2.88 bits per heavy atom. The lowest BCUT2D eigenvalue weighted by atomic mass is 10.1. The summed E-state index contributed by atoms with van der Waals surface area (Å²) in [6, 6.07) is 10.9. The van der Waals surface area contributed by atoms with Gasteiger partial charge in [0.15, 0.2) is 11.5 Å². The van der Waals surface area contributed by atoms with Crippen molar-refractivity contribution in [2.45, 2.75) is 6.42 Å². The summed E-state index contributed by atoms with van der Waals surface area (Å²) in [4.78, 5) is 15.5. The van der Waals surface area contributed by atoms with E-state index in [4.69, 9.17) is 9.47 Å². The molecule has 0 unspecified atom stereocenters. The number of rotatable bonds is 4. The topological polar surface area (TPSA) is 83.6 Å². The van der Waals surface area contributed by atoms with Crippen molar-refractivity contribution in [2.75, 3.05) is 13.3 Å². The van der Waals surface area contributed by atoms with Crippen molar-refractivity contribution in [3.8, 4) is 17.2 Å². The number of ether oxygens (including phenoxy) is 2. The predicted octanol–water partition coefficient (Wildman–Crippen LogP) is 2.57. The number of hydrogen-bond donors (Lipinski definition) is 3. The number of aromatic hydroxyl groups is 1. The highest BCUT2D eigenvalue weighted by atomic mass is 16.7. The number of amides is 1. The molecule has 3 aromatic rings. The first-order valence-corrected chi connectivity index (χ1v) is 7.68. The van der Waals surface area contributed by atoms with Crippen molar-refractivity contribution < 1.29 is 19.4 Å². The van der Waals surface area contributed by atoms with Gasteiger partial charge in [-0.3, -0.25) is 4.79 Å². The van der Waals surface area contributed by atoms with Crippen LogP contribution in [-0.4, -0.2) is 29.3 Å². The molecule has 0 atom stereocenters. The fraction of sp³-hybridized carbons (Fsp3) is 0.167. The molecule has 0 saturated heterocycles. The number of para-hydroxylation sites is 1. The van der Waals surface area contributed by atoms with Crippen LogP contribution in [-0.2, 0) is 6.42 Å². The van der Waals surface area contributed by atoms with E-state index in [0.29, 0.717) is 24.5 Å². The SMILES string of the molecule is O=C(NCCc1c[nH]c2ccccc12)c1cc2c(cc1O)OCO2. The van der Waals surface area contributed by atoms with Gasteiger partial charge >= 0.3 is 0 Å². The Morgan fingerprint density at radius 2 is 2.00 bits per heavy atom. The standard InChI is InChI=1S/C18H16N2O4/c21-15-8-17-16(23-10-24-17)7-13(15)18(22)19-6-5-11-9-20-14-4-2-1-3-12(11)14/h1-4,7-9,20-21H,5-6,10H2,(H,19,22). The van der Waals surface area contributed by atoms with Crippen molar-refractivity contribution >= 4 is 16.8 Å². The highest BCUT2D eigenvalue weighted by Crippen LogP contribution is 2.37. The van der Waals surface area contributed by atoms with Gasteiger partial charge in [-0.1, -0.05) is 18.2 Å². The molecule has 24 heavy (non-hydrogen) atoms. The van der Waals surface area contributed by atoms with Gasteiger partial charge in [0.1, 0.15) is 5.75 Å². The number of benzene rings is 2. The predicted molar refractivity (Wildman–Crippen MR) is 88.6 cm³/mol. The number of aromatic nitrogens is 1. The van der Waals surface area contributed by atoms with Gasteiger partial charge < -0.3 is 24.9 Å². The van der Waals surface area contributed by atoms with Crippen LogP contribution in [0.15, 0.2) is 42.6 Å². The van der Waals surface area contributed by atoms with Gasteiger partial charge in [-0.05, 0) is 18.1 Å². The first-order chi connectivity index (χ1) is 11.7. The second-order valence-corrected chi connectivity index (χ2v) is 5.59. The van der Waals surface area contributed by atoms with Gasteiger partial charge in [-0.25, -0.2) is 0 Å². The molecular weight excluding hydrogens is 308 g/mol. The van der Waals surface area contributed by atoms with Crippen LogP contribution in [0.5, 0.6) is 17.2 Å². The van der Waals surface area contributed by atoms with E-state index in [0.717, 1.165) is 16.5 Å². The summed E-state index contributed by atoms with van der Waals surface area (Å²) in [5, 5.41) is 13.9. The van der Waals surface area contributed by atoms with Crippen LogP contribution in [0.1, 0.15) is 15.9 Å². The average molecular weight is 324 g/mol. The summed E-state index contributed by atoms with van der Waals surface area (Å²) in [7, 11) is 0. The van der Waals surface area contributed by atoms with E-state index in [-0.39, 0.29) is 24.0 Å². The molecule has 3 N–H and O–H groups in total. The Hall–Kier alpha value is -3.15. The van der Waals surface area contributed by atoms with Crippen molar-refractivity contribution in [3.05, 3.63) is 53.7 Å². The maximum Gasteiger partial charge on any atom is 0.255 e. The second-order valence-electron chi connectivity index (χ2n) is 5.59. The lowest BCUT2D eigenvalue weighted by Gasteiger charge is -2.08. The smallest absolute Gasteiger partial charge is 0.255 e. The van der Waals surface area contributed by atoms with Crippen LogP contribution in [0.25, 0.3) is 10.9 Å². The molecule has 0 radical (unpaired) electrons. The van der Waals surface area contributed by atoms with Crippen LogP contribution < -0.4 is 14.8 Å². The summed E-state index contributed by atoms with van der Waals surface area (Å²) in [6.07, 6.45) is 2.65. The summed E-state index contributed by atoms with van der Waals surface area (Å²) in [5.41, 5.74) is 2.39. The maximum absolute atomic E-state index is 12.3. The van der Waals surface area contributed by atoms with E-state index in [1.54, 1.807) is 0 Å². The quantitative estimate of drug-likeness (QED) is 0.689. The van der Waals surface area contributed by atoms with Gasteiger partial charge in [0.2, 0.25) is 6.79 Å². The zero-order valence-electron chi connectivity index (χ0n) is 12.8. The van der Waals surface area contributed by atoms with E-state index in [1.165, 1.54) is 12.1 Å². The molecule has 0 saturated carbocycles. The third kappa shape index (κ3) is 2.52. The van der Waals surface area contributed by atoms with E-state index in [1.807, 2.05) is 30.5 Å². The molecule has 1 aliphatic rings. The largest absolute Gasteiger partial charge is 0.507 e. The Balaban J connectivity index is 1.44. The Labute approximate surface area is 138 Å². The van der Waals surface area contributed by atoms with E-state index >= 15 is 0 Å². The van der Waals surface area contributed by atoms with Gasteiger partial charge in [0, 0.05) is 35.8 Å². The number of fused-ring (bicyclic) bond motifs is 2. The minimum absolute atomic E-state index is 0.0976. The lowest BCUT2D eigenvalue weighted by molar-refractivity contribution is 0.0951. The van der Waals surface area contributed by atoms with Crippen molar-refractivity contribution in [3.63, 3.8) is 0 Å². The zero-order chi connectivity index (χ0) is 16.5. The summed E-state index contributed by atoms with van der Waals surface area (Å²) < 4.78 is 10.4. The van der Waals surface area contributed by atoms with Crippen LogP contribution in [0, 0.1) is 0 Å². The minimum Gasteiger partial charge on any atom is -0.507 e. The number of aromatic amines is 1. The number of phenolic OH excluding ortho intramolecular Hbond substituents is 1. The van der Waals surface area contributed by atoms with Crippen LogP contribution in [0.2, 0.25) is 0 Å². The number of nitrogens with one attached hydrogen (secondary N) is 2. The maximum atomic E-state index is 12.3. The van der Waals surface area contributed by atoms with E-state index in [2.05, 4.69) is 10.3 Å². The summed E-state index contributed by atoms with van der Waals surface area (Å²) in [5.74, 6) is 0.451. The zero-order valence-corrected chi connectivity index (χ0v) is 12.8. The van der Waals surface area contributed by atoms with Gasteiger partial charge in [-0.15, -0.1) is 0 Å². The third-order valence-corrected chi connectivity index (χ3v) is 4.09.